The number of benzene rings is 1. The fourth-order valence-corrected chi connectivity index (χ4v) is 1.81. The largest absolute Gasteiger partial charge is 0.398 e. The van der Waals surface area contributed by atoms with Crippen molar-refractivity contribution in [2.24, 2.45) is 0 Å². The Morgan fingerprint density at radius 3 is 2.89 bits per heavy atom. The topological polar surface area (TPSA) is 89.7 Å². The van der Waals surface area contributed by atoms with Gasteiger partial charge in [-0.3, -0.25) is 5.41 Å². The van der Waals surface area contributed by atoms with Gasteiger partial charge in [-0.1, -0.05) is 16.8 Å². The average molecular weight is 266 g/mol. The molecule has 1 aromatic heterocycles. The van der Waals surface area contributed by atoms with Crippen LogP contribution in [-0.2, 0) is 6.54 Å². The van der Waals surface area contributed by atoms with Gasteiger partial charge in [0.15, 0.2) is 12.0 Å². The number of nitrogens with zero attached hydrogens (tertiary/aromatic N) is 1. The summed E-state index contributed by atoms with van der Waals surface area (Å²) >= 11 is 6.14. The first-order valence-electron chi connectivity index (χ1n) is 5.40. The van der Waals surface area contributed by atoms with Gasteiger partial charge in [-0.25, -0.2) is 0 Å². The van der Waals surface area contributed by atoms with Gasteiger partial charge in [0.25, 0.3) is 0 Å². The van der Waals surface area contributed by atoms with Gasteiger partial charge in [0.05, 0.1) is 5.56 Å². The van der Waals surface area contributed by atoms with Crippen LogP contribution in [-0.4, -0.2) is 11.4 Å². The minimum absolute atomic E-state index is 0.514. The molecule has 0 atom stereocenters. The SMILES string of the molecule is Cc1cc(NCc2cc(N)c(C=[NH2+])cc2Cl)no1. The third kappa shape index (κ3) is 2.62. The first kappa shape index (κ1) is 12.4. The molecule has 0 bridgehead atoms. The summed E-state index contributed by atoms with van der Waals surface area (Å²) in [7, 11) is 0. The highest BCUT2D eigenvalue weighted by Gasteiger charge is 2.07. The lowest BCUT2D eigenvalue weighted by Crippen LogP contribution is -2.30. The van der Waals surface area contributed by atoms with Gasteiger partial charge < -0.3 is 15.6 Å². The normalized spacial score (nSPS) is 10.3. The lowest BCUT2D eigenvalue weighted by molar-refractivity contribution is -0.104. The second-order valence-corrected chi connectivity index (χ2v) is 4.32. The molecule has 0 fully saturated rings. The van der Waals surface area contributed by atoms with E-state index in [1.807, 2.05) is 6.92 Å². The van der Waals surface area contributed by atoms with E-state index in [2.05, 4.69) is 10.5 Å². The van der Waals surface area contributed by atoms with Gasteiger partial charge in [-0.2, -0.15) is 0 Å². The first-order chi connectivity index (χ1) is 8.60. The molecule has 18 heavy (non-hydrogen) atoms. The lowest BCUT2D eigenvalue weighted by Gasteiger charge is -2.07. The Bertz CT molecular complexity index is 579. The summed E-state index contributed by atoms with van der Waals surface area (Å²) in [6, 6.07) is 5.34. The van der Waals surface area contributed by atoms with Gasteiger partial charge in [0.2, 0.25) is 0 Å². The summed E-state index contributed by atoms with van der Waals surface area (Å²) in [6.07, 6.45) is 1.43. The molecular formula is C12H14ClN4O+. The molecule has 1 heterocycles. The van der Waals surface area contributed by atoms with Gasteiger partial charge in [0, 0.05) is 23.3 Å². The Labute approximate surface area is 109 Å². The van der Waals surface area contributed by atoms with Crippen LogP contribution < -0.4 is 16.5 Å². The molecule has 0 aliphatic heterocycles. The zero-order valence-corrected chi connectivity index (χ0v) is 10.7. The van der Waals surface area contributed by atoms with E-state index in [4.69, 9.17) is 27.3 Å². The number of aryl methyl sites for hydroxylation is 1. The maximum absolute atomic E-state index is 6.14. The number of nitrogen functional groups attached to an aromatic ring is 1. The summed E-state index contributed by atoms with van der Waals surface area (Å²) in [5.41, 5.74) is 8.03. The van der Waals surface area contributed by atoms with Crippen molar-refractivity contribution in [3.63, 3.8) is 0 Å². The number of anilines is 2. The van der Waals surface area contributed by atoms with Gasteiger partial charge in [-0.15, -0.1) is 0 Å². The fraction of sp³-hybridized carbons (Fsp3) is 0.167. The molecule has 2 rings (SSSR count). The van der Waals surface area contributed by atoms with E-state index < -0.39 is 0 Å². The molecule has 5 N–H and O–H groups in total. The number of hydrogen-bond donors (Lipinski definition) is 3. The zero-order valence-electron chi connectivity index (χ0n) is 9.90. The van der Waals surface area contributed by atoms with E-state index in [-0.39, 0.29) is 0 Å². The number of nitrogens with one attached hydrogen (secondary N) is 1. The van der Waals surface area contributed by atoms with Gasteiger partial charge >= 0.3 is 0 Å². The molecule has 1 aromatic carbocycles. The highest BCUT2D eigenvalue weighted by atomic mass is 35.5. The molecule has 0 amide bonds. The molecule has 0 unspecified atom stereocenters. The Kier molecular flexibility index (Phi) is 3.53. The summed E-state index contributed by atoms with van der Waals surface area (Å²) in [5, 5.41) is 13.0. The summed E-state index contributed by atoms with van der Waals surface area (Å²) in [6.45, 7) is 2.34. The van der Waals surface area contributed by atoms with E-state index in [0.29, 0.717) is 23.1 Å². The van der Waals surface area contributed by atoms with Gasteiger partial charge in [-0.05, 0) is 24.6 Å². The number of nitrogens with two attached hydrogens (primary N) is 2. The second kappa shape index (κ2) is 5.10. The van der Waals surface area contributed by atoms with Crippen LogP contribution in [0.4, 0.5) is 11.5 Å². The Balaban J connectivity index is 2.14. The molecule has 5 nitrogen and oxygen atoms in total. The molecule has 0 radical (unpaired) electrons. The van der Waals surface area contributed by atoms with Crippen molar-refractivity contribution in [1.29, 1.82) is 0 Å². The van der Waals surface area contributed by atoms with Crippen LogP contribution >= 0.6 is 11.6 Å². The highest BCUT2D eigenvalue weighted by molar-refractivity contribution is 6.31. The molecule has 94 valence electrons. The Morgan fingerprint density at radius 1 is 1.50 bits per heavy atom. The predicted octanol–water partition coefficient (Wildman–Crippen LogP) is 1.01. The van der Waals surface area contributed by atoms with Crippen LogP contribution in [0.1, 0.15) is 16.9 Å². The molecular weight excluding hydrogens is 252 g/mol. The minimum atomic E-state index is 0.514. The standard InChI is InChI=1S/C12H13ClN4O/c1-7-2-12(17-18-7)16-6-9-4-11(15)8(5-14)3-10(9)13/h2-5,14H,6,15H2,1H3,(H,16,17)/p+1. The molecule has 0 spiro atoms. The van der Waals surface area contributed by atoms with Crippen LogP contribution in [0.5, 0.6) is 0 Å². The molecule has 0 aliphatic carbocycles. The number of hydrogen-bond acceptors (Lipinski definition) is 4. The minimum Gasteiger partial charge on any atom is -0.398 e. The first-order valence-corrected chi connectivity index (χ1v) is 5.78. The molecule has 0 saturated carbocycles. The molecule has 6 heteroatoms. The average Bonchev–Trinajstić information content (AvgIpc) is 2.75. The van der Waals surface area contributed by atoms with Crippen molar-refractivity contribution in [1.82, 2.24) is 5.16 Å². The zero-order chi connectivity index (χ0) is 13.1. The maximum atomic E-state index is 6.14. The van der Waals surface area contributed by atoms with Crippen LogP contribution in [0.2, 0.25) is 5.02 Å². The fourth-order valence-electron chi connectivity index (χ4n) is 1.57. The van der Waals surface area contributed by atoms with Gasteiger partial charge in [0.1, 0.15) is 5.76 Å². The van der Waals surface area contributed by atoms with Crippen LogP contribution in [0.15, 0.2) is 22.7 Å². The van der Waals surface area contributed by atoms with E-state index in [9.17, 15) is 0 Å². The molecule has 2 aromatic rings. The predicted molar refractivity (Wildman–Crippen MR) is 71.5 cm³/mol. The molecule has 0 saturated heterocycles. The molecule has 0 aliphatic rings. The van der Waals surface area contributed by atoms with Crippen LogP contribution in [0.25, 0.3) is 0 Å². The van der Waals surface area contributed by atoms with Crippen molar-refractivity contribution in [2.45, 2.75) is 13.5 Å². The lowest BCUT2D eigenvalue weighted by atomic mass is 10.1. The summed E-state index contributed by atoms with van der Waals surface area (Å²) < 4.78 is 4.95. The van der Waals surface area contributed by atoms with Crippen molar-refractivity contribution in [3.05, 3.63) is 40.1 Å². The monoisotopic (exact) mass is 265 g/mol. The van der Waals surface area contributed by atoms with Crippen LogP contribution in [0, 0.1) is 6.92 Å². The third-order valence-corrected chi connectivity index (χ3v) is 2.87. The van der Waals surface area contributed by atoms with Crippen LogP contribution in [0.3, 0.4) is 0 Å². The second-order valence-electron chi connectivity index (χ2n) is 3.92. The Morgan fingerprint density at radius 2 is 2.28 bits per heavy atom. The number of halogens is 1. The summed E-state index contributed by atoms with van der Waals surface area (Å²) in [5.74, 6) is 1.41. The van der Waals surface area contributed by atoms with Crippen molar-refractivity contribution in [3.8, 4) is 0 Å². The third-order valence-electron chi connectivity index (χ3n) is 2.52. The number of rotatable bonds is 4. The van der Waals surface area contributed by atoms with E-state index >= 15 is 0 Å². The van der Waals surface area contributed by atoms with Crippen molar-refractivity contribution in [2.75, 3.05) is 11.1 Å². The van der Waals surface area contributed by atoms with E-state index in [0.717, 1.165) is 16.9 Å². The van der Waals surface area contributed by atoms with Crippen molar-refractivity contribution < 1.29 is 9.93 Å². The quantitative estimate of drug-likeness (QED) is 0.568. The van der Waals surface area contributed by atoms with Crippen molar-refractivity contribution >= 4 is 29.3 Å². The summed E-state index contributed by atoms with van der Waals surface area (Å²) in [4.78, 5) is 0. The van der Waals surface area contributed by atoms with E-state index in [1.165, 1.54) is 6.21 Å². The van der Waals surface area contributed by atoms with E-state index in [1.54, 1.807) is 18.2 Å². The highest BCUT2D eigenvalue weighted by Crippen LogP contribution is 2.23. The Hall–Kier alpha value is -2.01. The smallest absolute Gasteiger partial charge is 0.169 e. The number of aromatic nitrogens is 1. The maximum Gasteiger partial charge on any atom is 0.169 e.